The molecule has 4 bridgehead atoms. The third-order valence-corrected chi connectivity index (χ3v) is 11.5. The van der Waals surface area contributed by atoms with Gasteiger partial charge in [-0.15, -0.1) is 0 Å². The lowest BCUT2D eigenvalue weighted by Crippen LogP contribution is -2.46. The maximum Gasteiger partial charge on any atom is 0.302 e. The van der Waals surface area contributed by atoms with Crippen LogP contribution < -0.4 is 15.5 Å². The van der Waals surface area contributed by atoms with Gasteiger partial charge in [-0.05, 0) is 32.1 Å². The highest BCUT2D eigenvalue weighted by atomic mass is 16.7. The molecule has 0 aromatic heterocycles. The Morgan fingerprint density at radius 1 is 0.966 bits per heavy atom. The Hall–Kier alpha value is -5.48. The van der Waals surface area contributed by atoms with Gasteiger partial charge >= 0.3 is 5.97 Å². The number of carbonyl (C=O) groups excluding carboxylic acids is 2. The average molecular weight is 803 g/mol. The number of aliphatic hydroxyl groups is 3. The summed E-state index contributed by atoms with van der Waals surface area (Å²) in [6.45, 7) is 12.7. The summed E-state index contributed by atoms with van der Waals surface area (Å²) < 4.78 is 30.1. The fraction of sp³-hybridized carbons (Fsp3) is 0.442. The SMILES string of the molecule is CO[C@H]1/C=C/O[C@@]2(C)Oc3c(C)c(O)c4c(=O)c(c5oc6cc(O)ccc6nc-5c4c3C2O)NC(=O)/C(C)=C\C=C\[C@H](C)[C@H](O)[C@@H](C)[C@@H](O)[C@@H](C)[C@H](OC(C)=O)[C@@H]1C. The molecule has 1 unspecified atom stereocenters. The summed E-state index contributed by atoms with van der Waals surface area (Å²) in [6.07, 6.45) is 2.06. The van der Waals surface area contributed by atoms with Crippen molar-refractivity contribution in [2.45, 2.75) is 91.7 Å². The van der Waals surface area contributed by atoms with Crippen molar-refractivity contribution in [2.24, 2.45) is 23.7 Å². The van der Waals surface area contributed by atoms with Crippen LogP contribution in [0.1, 0.15) is 65.7 Å². The molecule has 6 N–H and O–H groups in total. The number of amides is 1. The second-order valence-corrected chi connectivity index (χ2v) is 15.6. The molecule has 10 atom stereocenters. The van der Waals surface area contributed by atoms with E-state index in [-0.39, 0.29) is 67.2 Å². The summed E-state index contributed by atoms with van der Waals surface area (Å²) >= 11 is 0. The number of carbonyl (C=O) groups is 2. The van der Waals surface area contributed by atoms with Crippen molar-refractivity contribution in [3.05, 3.63) is 75.7 Å². The number of nitrogens with one attached hydrogen (secondary N) is 1. The maximum absolute atomic E-state index is 14.5. The van der Waals surface area contributed by atoms with Crippen LogP contribution in [-0.4, -0.2) is 79.7 Å². The van der Waals surface area contributed by atoms with Gasteiger partial charge in [0.1, 0.15) is 40.3 Å². The van der Waals surface area contributed by atoms with E-state index >= 15 is 0 Å². The number of phenols is 2. The van der Waals surface area contributed by atoms with E-state index in [4.69, 9.17) is 28.3 Å². The standard InChI is InChI=1S/C43H50N2O13/c1-18-11-10-12-19(2)42(53)45-33-37(51)30-29(32-40(33)57-28-17-25(47)13-14-26(28)44-32)31-39(23(6)36(30)50)58-43(8,41(31)52)55-16-15-27(54-9)20(3)38(56-24(7)46)22(5)35(49)21(4)34(18)48/h10-18,20-22,27,34-35,38,41,47-50,52H,1-9H3,(H,45,53)/b11-10+,16-15+,19-12-/t18-,20+,21+,22+,27-,34-,35+,38+,41?,43-/m0/s1. The number of aromatic nitrogens is 1. The topological polar surface area (TPSA) is 227 Å². The first-order valence-corrected chi connectivity index (χ1v) is 19.0. The highest BCUT2D eigenvalue weighted by molar-refractivity contribution is 6.12. The lowest BCUT2D eigenvalue weighted by Gasteiger charge is -2.38. The summed E-state index contributed by atoms with van der Waals surface area (Å²) in [4.78, 5) is 45.3. The van der Waals surface area contributed by atoms with Crippen LogP contribution in [0.15, 0.2) is 63.6 Å². The zero-order valence-corrected chi connectivity index (χ0v) is 33.8. The lowest BCUT2D eigenvalue weighted by atomic mass is 9.78. The Morgan fingerprint density at radius 2 is 1.67 bits per heavy atom. The Balaban J connectivity index is 1.58. The normalized spacial score (nSPS) is 31.7. The van der Waals surface area contributed by atoms with Crippen molar-refractivity contribution in [1.29, 1.82) is 0 Å². The number of methoxy groups -OCH3 is 1. The summed E-state index contributed by atoms with van der Waals surface area (Å²) in [5, 5.41) is 59.2. The van der Waals surface area contributed by atoms with Crippen molar-refractivity contribution in [2.75, 3.05) is 12.4 Å². The van der Waals surface area contributed by atoms with Crippen molar-refractivity contribution in [1.82, 2.24) is 4.98 Å². The number of nitrogens with zero attached hydrogens (tertiary/aromatic N) is 1. The van der Waals surface area contributed by atoms with Gasteiger partial charge in [-0.2, -0.15) is 0 Å². The molecule has 2 aromatic rings. The fourth-order valence-electron chi connectivity index (χ4n) is 7.94. The van der Waals surface area contributed by atoms with Gasteiger partial charge in [0.2, 0.25) is 5.43 Å². The molecular weight excluding hydrogens is 752 g/mol. The quantitative estimate of drug-likeness (QED) is 0.0836. The minimum Gasteiger partial charge on any atom is -0.508 e. The Kier molecular flexibility index (Phi) is 11.7. The first kappa shape index (κ1) is 42.1. The summed E-state index contributed by atoms with van der Waals surface area (Å²) in [7, 11) is 1.45. The van der Waals surface area contributed by atoms with Gasteiger partial charge in [-0.3, -0.25) is 14.4 Å². The number of ether oxygens (including phenoxy) is 4. The number of benzene rings is 3. The van der Waals surface area contributed by atoms with Crippen molar-refractivity contribution >= 4 is 39.4 Å². The molecule has 0 spiro atoms. The van der Waals surface area contributed by atoms with E-state index in [0.717, 1.165) is 0 Å². The van der Waals surface area contributed by atoms with E-state index in [1.165, 1.54) is 71.4 Å². The van der Waals surface area contributed by atoms with E-state index < -0.39 is 83.0 Å². The van der Waals surface area contributed by atoms with Gasteiger partial charge in [-0.1, -0.05) is 45.9 Å². The number of aromatic hydroxyl groups is 2. The number of rotatable bonds is 2. The summed E-state index contributed by atoms with van der Waals surface area (Å²) in [6, 6.07) is 4.17. The Bertz CT molecular complexity index is 2380. The number of phenolic OH excluding ortho intramolecular Hbond substituents is 2. The minimum absolute atomic E-state index is 0.00825. The molecule has 3 aliphatic heterocycles. The molecule has 6 rings (SSSR count). The zero-order valence-electron chi connectivity index (χ0n) is 33.8. The van der Waals surface area contributed by atoms with E-state index in [0.29, 0.717) is 0 Å². The van der Waals surface area contributed by atoms with Gasteiger partial charge in [0.15, 0.2) is 17.4 Å². The molecule has 0 radical (unpaired) electrons. The van der Waals surface area contributed by atoms with Crippen LogP contribution in [-0.2, 0) is 23.8 Å². The molecule has 0 fully saturated rings. The second kappa shape index (κ2) is 16.0. The third kappa shape index (κ3) is 7.39. The number of esters is 1. The van der Waals surface area contributed by atoms with Crippen LogP contribution in [0.25, 0.3) is 33.3 Å². The molecule has 0 saturated heterocycles. The van der Waals surface area contributed by atoms with Gasteiger partial charge in [0.05, 0.1) is 30.0 Å². The van der Waals surface area contributed by atoms with Crippen molar-refractivity contribution in [3.63, 3.8) is 0 Å². The van der Waals surface area contributed by atoms with Gasteiger partial charge in [0.25, 0.3) is 11.7 Å². The number of aliphatic hydroxyl groups excluding tert-OH is 3. The van der Waals surface area contributed by atoms with Gasteiger partial charge < -0.3 is 54.2 Å². The molecule has 1 amide bonds. The minimum atomic E-state index is -1.85. The lowest BCUT2D eigenvalue weighted by molar-refractivity contribution is -0.181. The average Bonchev–Trinajstić information content (AvgIpc) is 3.45. The largest absolute Gasteiger partial charge is 0.508 e. The van der Waals surface area contributed by atoms with Crippen molar-refractivity contribution in [3.8, 4) is 28.7 Å². The molecule has 3 heterocycles. The van der Waals surface area contributed by atoms with Crippen LogP contribution in [0.4, 0.5) is 5.69 Å². The number of hydrogen-bond donors (Lipinski definition) is 6. The Labute approximate surface area is 334 Å². The molecule has 58 heavy (non-hydrogen) atoms. The van der Waals surface area contributed by atoms with E-state index in [9.17, 15) is 39.9 Å². The van der Waals surface area contributed by atoms with E-state index in [1.807, 2.05) is 0 Å². The molecule has 4 aliphatic rings. The molecular formula is C43H50N2O13. The molecule has 310 valence electrons. The van der Waals surface area contributed by atoms with Crippen LogP contribution in [0.2, 0.25) is 0 Å². The predicted molar refractivity (Wildman–Crippen MR) is 213 cm³/mol. The summed E-state index contributed by atoms with van der Waals surface area (Å²) in [5.74, 6) is -6.41. The smallest absolute Gasteiger partial charge is 0.302 e. The monoisotopic (exact) mass is 802 g/mol. The van der Waals surface area contributed by atoms with E-state index in [1.54, 1.807) is 39.8 Å². The van der Waals surface area contributed by atoms with Gasteiger partial charge in [-0.25, -0.2) is 4.98 Å². The van der Waals surface area contributed by atoms with Crippen LogP contribution in [0.5, 0.6) is 17.2 Å². The Morgan fingerprint density at radius 3 is 2.34 bits per heavy atom. The molecule has 1 aliphatic carbocycles. The van der Waals surface area contributed by atoms with Crippen LogP contribution >= 0.6 is 0 Å². The predicted octanol–water partition coefficient (Wildman–Crippen LogP) is 5.51. The highest BCUT2D eigenvalue weighted by Crippen LogP contribution is 2.54. The molecule has 2 aromatic carbocycles. The highest BCUT2D eigenvalue weighted by Gasteiger charge is 2.50. The maximum atomic E-state index is 14.5. The van der Waals surface area contributed by atoms with Crippen molar-refractivity contribution < 1.29 is 58.5 Å². The second-order valence-electron chi connectivity index (χ2n) is 15.6. The number of allylic oxidation sites excluding steroid dienone is 2. The first-order valence-electron chi connectivity index (χ1n) is 19.0. The zero-order chi connectivity index (χ0) is 42.5. The molecule has 0 saturated carbocycles. The van der Waals surface area contributed by atoms with Gasteiger partial charge in [0, 0.05) is 72.8 Å². The number of anilines is 1. The molecule has 15 heteroatoms. The van der Waals surface area contributed by atoms with Crippen LogP contribution in [0.3, 0.4) is 0 Å². The molecule has 15 nitrogen and oxygen atoms in total. The number of hydrogen-bond acceptors (Lipinski definition) is 14. The van der Waals surface area contributed by atoms with Crippen LogP contribution in [0, 0.1) is 30.6 Å². The fourth-order valence-corrected chi connectivity index (χ4v) is 7.94. The summed E-state index contributed by atoms with van der Waals surface area (Å²) in [5.41, 5.74) is -0.559. The number of fused-ring (bicyclic) bond motifs is 2. The first-order chi connectivity index (χ1) is 27.3. The van der Waals surface area contributed by atoms with E-state index in [2.05, 4.69) is 5.32 Å². The third-order valence-electron chi connectivity index (χ3n) is 11.5.